The van der Waals surface area contributed by atoms with Crippen molar-refractivity contribution in [2.75, 3.05) is 25.0 Å². The molecule has 0 saturated heterocycles. The topological polar surface area (TPSA) is 128 Å². The third kappa shape index (κ3) is 7.92. The van der Waals surface area contributed by atoms with Crippen LogP contribution < -0.4 is 16.1 Å². The molecule has 9 nitrogen and oxygen atoms in total. The molecule has 0 aromatic heterocycles. The first kappa shape index (κ1) is 29.1. The molecular weight excluding hydrogens is 472 g/mol. The third-order valence-corrected chi connectivity index (χ3v) is 6.17. The van der Waals surface area contributed by atoms with Crippen molar-refractivity contribution in [3.63, 3.8) is 0 Å². The Bertz CT molecular complexity index is 1200. The maximum Gasteiger partial charge on any atom is 0.420 e. The average molecular weight is 506 g/mol. The summed E-state index contributed by atoms with van der Waals surface area (Å²) >= 11 is 0. The highest BCUT2D eigenvalue weighted by Crippen LogP contribution is 2.14. The molecule has 0 aliphatic heterocycles. The van der Waals surface area contributed by atoms with E-state index in [2.05, 4.69) is 34.3 Å². The Morgan fingerprint density at radius 3 is 1.78 bits per heavy atom. The number of hydrogen-bond acceptors (Lipinski definition) is 5. The number of carbonyl (C=O) groups is 3. The van der Waals surface area contributed by atoms with Gasteiger partial charge in [-0.25, -0.2) is 14.8 Å². The van der Waals surface area contributed by atoms with Gasteiger partial charge >= 0.3 is 6.03 Å². The zero-order valence-corrected chi connectivity index (χ0v) is 21.5. The first-order valence-electron chi connectivity index (χ1n) is 12.0. The summed E-state index contributed by atoms with van der Waals surface area (Å²) in [5.74, 6) is 9.87. The molecule has 0 aliphatic rings. The largest absolute Gasteiger partial charge is 0.420 e. The fourth-order valence-electron chi connectivity index (χ4n) is 3.59. The Labute approximate surface area is 217 Å². The van der Waals surface area contributed by atoms with Crippen molar-refractivity contribution in [2.24, 2.45) is 0 Å². The fourth-order valence-corrected chi connectivity index (χ4v) is 3.59. The number of nitrogens with one attached hydrogen (secondary N) is 3. The van der Waals surface area contributed by atoms with Gasteiger partial charge in [0.1, 0.15) is 6.04 Å². The van der Waals surface area contributed by atoms with Gasteiger partial charge in [-0.3, -0.25) is 20.1 Å². The Hall–Kier alpha value is -4.15. The number of hydroxylamine groups is 1. The minimum atomic E-state index is -1.30. The third-order valence-electron chi connectivity index (χ3n) is 6.17. The van der Waals surface area contributed by atoms with E-state index in [1.807, 2.05) is 32.9 Å². The van der Waals surface area contributed by atoms with Crippen LogP contribution in [0.3, 0.4) is 0 Å². The summed E-state index contributed by atoms with van der Waals surface area (Å²) in [5, 5.41) is 23.7. The van der Waals surface area contributed by atoms with E-state index in [1.54, 1.807) is 24.3 Å². The summed E-state index contributed by atoms with van der Waals surface area (Å²) in [4.78, 5) is 36.6. The number of aliphatic hydroxyl groups is 1. The summed E-state index contributed by atoms with van der Waals surface area (Å²) in [6.45, 7) is 9.52. The zero-order chi connectivity index (χ0) is 27.4. The maximum absolute atomic E-state index is 12.7. The smallest absolute Gasteiger partial charge is 0.391 e. The lowest BCUT2D eigenvalue weighted by atomic mass is 10.1. The van der Waals surface area contributed by atoms with Crippen LogP contribution in [0.1, 0.15) is 49.2 Å². The molecule has 2 atom stereocenters. The lowest BCUT2D eigenvalue weighted by Crippen LogP contribution is -2.54. The van der Waals surface area contributed by atoms with Crippen LogP contribution in [0, 0.1) is 23.7 Å². The van der Waals surface area contributed by atoms with Gasteiger partial charge in [-0.2, -0.15) is 0 Å². The summed E-state index contributed by atoms with van der Waals surface area (Å²) in [6, 6.07) is 12.2. The predicted octanol–water partition coefficient (Wildman–Crippen LogP) is 2.48. The van der Waals surface area contributed by atoms with Gasteiger partial charge in [0.15, 0.2) is 0 Å². The second-order valence-corrected chi connectivity index (χ2v) is 8.35. The van der Waals surface area contributed by atoms with Crippen molar-refractivity contribution in [3.8, 4) is 23.7 Å². The van der Waals surface area contributed by atoms with E-state index in [1.165, 1.54) is 24.5 Å². The molecule has 37 heavy (non-hydrogen) atoms. The predicted molar refractivity (Wildman–Crippen MR) is 140 cm³/mol. The standard InChI is InChI=1S/C28H32N4O5/c1-5-32(6-2,7-3)28(36)29-24-18-14-22(15-19-24)11-9-8-10-21-12-16-23(17-13-21)26(34)30-25(20(4)33)27(35)31-37/h12-20,25,33H,5-7H2,1-4H3,(H3-,29,30,31,34,35,36,37)/p+1/t20-,25+/m1/s1. The van der Waals surface area contributed by atoms with E-state index in [9.17, 15) is 19.5 Å². The SMILES string of the molecule is CC[N+](CC)(CC)C(=O)Nc1ccc(C#CC#Cc2ccc(C(=O)N[C@H](C(=O)NO)[C@@H](C)O)cc2)cc1. The highest BCUT2D eigenvalue weighted by atomic mass is 16.5. The summed E-state index contributed by atoms with van der Waals surface area (Å²) in [6.07, 6.45) is -1.20. The van der Waals surface area contributed by atoms with Crippen molar-refractivity contribution >= 4 is 23.5 Å². The minimum absolute atomic E-state index is 0.0286. The lowest BCUT2D eigenvalue weighted by Gasteiger charge is -2.32. The van der Waals surface area contributed by atoms with Crippen molar-refractivity contribution in [2.45, 2.75) is 39.8 Å². The highest BCUT2D eigenvalue weighted by molar-refractivity contribution is 5.97. The number of quaternary nitrogens is 1. The van der Waals surface area contributed by atoms with E-state index >= 15 is 0 Å². The van der Waals surface area contributed by atoms with Gasteiger partial charge in [-0.1, -0.05) is 11.8 Å². The molecule has 2 rings (SSSR count). The van der Waals surface area contributed by atoms with Gasteiger partial charge < -0.3 is 10.4 Å². The van der Waals surface area contributed by atoms with Gasteiger partial charge in [0.05, 0.1) is 25.7 Å². The Morgan fingerprint density at radius 1 is 0.865 bits per heavy atom. The van der Waals surface area contributed by atoms with Gasteiger partial charge in [0.2, 0.25) is 0 Å². The molecule has 9 heteroatoms. The van der Waals surface area contributed by atoms with E-state index in [0.29, 0.717) is 15.7 Å². The molecule has 0 aliphatic carbocycles. The second kappa shape index (κ2) is 13.8. The van der Waals surface area contributed by atoms with Crippen LogP contribution in [0.2, 0.25) is 0 Å². The molecule has 0 fully saturated rings. The maximum atomic E-state index is 12.7. The summed E-state index contributed by atoms with van der Waals surface area (Å²) in [5.41, 5.74) is 3.76. The van der Waals surface area contributed by atoms with Gasteiger partial charge in [-0.15, -0.1) is 0 Å². The Morgan fingerprint density at radius 2 is 1.35 bits per heavy atom. The minimum Gasteiger partial charge on any atom is -0.391 e. The molecule has 0 unspecified atom stereocenters. The van der Waals surface area contributed by atoms with Crippen molar-refractivity contribution < 1.29 is 29.2 Å². The summed E-state index contributed by atoms with van der Waals surface area (Å²) < 4.78 is 0.367. The highest BCUT2D eigenvalue weighted by Gasteiger charge is 2.31. The fraction of sp³-hybridized carbons (Fsp3) is 0.321. The van der Waals surface area contributed by atoms with Gasteiger partial charge in [-0.05, 0) is 88.1 Å². The quantitative estimate of drug-likeness (QED) is 0.163. The van der Waals surface area contributed by atoms with Crippen LogP contribution in [-0.2, 0) is 4.79 Å². The molecule has 2 aromatic carbocycles. The Balaban J connectivity index is 2.00. The van der Waals surface area contributed by atoms with Crippen LogP contribution in [0.25, 0.3) is 0 Å². The normalized spacial score (nSPS) is 12.1. The monoisotopic (exact) mass is 505 g/mol. The van der Waals surface area contributed by atoms with E-state index in [0.717, 1.165) is 25.2 Å². The van der Waals surface area contributed by atoms with E-state index in [4.69, 9.17) is 5.21 Å². The number of urea groups is 1. The molecular formula is C28H33N4O5+. The number of nitrogens with zero attached hydrogens (tertiary/aromatic N) is 1. The first-order valence-corrected chi connectivity index (χ1v) is 12.0. The first-order chi connectivity index (χ1) is 17.7. The van der Waals surface area contributed by atoms with Crippen molar-refractivity contribution in [1.29, 1.82) is 0 Å². The number of anilines is 1. The Kier molecular flexibility index (Phi) is 10.9. The number of amides is 4. The number of aliphatic hydroxyl groups excluding tert-OH is 1. The number of hydrogen-bond donors (Lipinski definition) is 5. The molecule has 0 spiro atoms. The van der Waals surface area contributed by atoms with Crippen LogP contribution >= 0.6 is 0 Å². The van der Waals surface area contributed by atoms with Crippen molar-refractivity contribution in [3.05, 3.63) is 65.2 Å². The molecule has 2 aromatic rings. The van der Waals surface area contributed by atoms with E-state index in [-0.39, 0.29) is 11.6 Å². The number of benzene rings is 2. The number of rotatable bonds is 8. The van der Waals surface area contributed by atoms with Gasteiger partial charge in [0.25, 0.3) is 11.8 Å². The molecule has 4 amide bonds. The average Bonchev–Trinajstić information content (AvgIpc) is 2.91. The molecule has 0 radical (unpaired) electrons. The summed E-state index contributed by atoms with van der Waals surface area (Å²) in [7, 11) is 0. The van der Waals surface area contributed by atoms with E-state index < -0.39 is 24.0 Å². The lowest BCUT2D eigenvalue weighted by molar-refractivity contribution is -0.842. The molecule has 0 heterocycles. The second-order valence-electron chi connectivity index (χ2n) is 8.35. The van der Waals surface area contributed by atoms with Crippen molar-refractivity contribution in [1.82, 2.24) is 10.8 Å². The molecule has 0 saturated carbocycles. The molecule has 0 bridgehead atoms. The van der Waals surface area contributed by atoms with Crippen LogP contribution in [0.5, 0.6) is 0 Å². The number of carbonyl (C=O) groups excluding carboxylic acids is 3. The molecule has 5 N–H and O–H groups in total. The zero-order valence-electron chi connectivity index (χ0n) is 21.5. The van der Waals surface area contributed by atoms with Crippen LogP contribution in [0.15, 0.2) is 48.5 Å². The molecule has 194 valence electrons. The van der Waals surface area contributed by atoms with Gasteiger partial charge in [0, 0.05) is 22.4 Å². The van der Waals surface area contributed by atoms with Crippen LogP contribution in [0.4, 0.5) is 10.5 Å². The van der Waals surface area contributed by atoms with Crippen LogP contribution in [-0.4, -0.2) is 64.4 Å².